The van der Waals surface area contributed by atoms with Crippen molar-refractivity contribution in [3.63, 3.8) is 0 Å². The van der Waals surface area contributed by atoms with Crippen LogP contribution in [0.15, 0.2) is 0 Å². The van der Waals surface area contributed by atoms with Gasteiger partial charge in [0.05, 0.1) is 0 Å². The van der Waals surface area contributed by atoms with Crippen molar-refractivity contribution in [2.24, 2.45) is 0 Å². The number of carbonyl (C=O) groups is 1. The summed E-state index contributed by atoms with van der Waals surface area (Å²) in [7, 11) is 0. The molecule has 0 saturated carbocycles. The van der Waals surface area contributed by atoms with Gasteiger partial charge in [0.15, 0.2) is 0 Å². The third-order valence-corrected chi connectivity index (χ3v) is 7.53. The van der Waals surface area contributed by atoms with Crippen LogP contribution in [0.2, 0.25) is 0 Å². The largest absolute Gasteiger partial charge is 0.303 e. The van der Waals surface area contributed by atoms with Gasteiger partial charge < -0.3 is 14.6 Å². The molecule has 0 saturated heterocycles. The summed E-state index contributed by atoms with van der Waals surface area (Å²) in [6.07, 6.45) is 30.8. The predicted molar refractivity (Wildman–Crippen MR) is 158 cm³/mol. The van der Waals surface area contributed by atoms with Crippen LogP contribution in [0.4, 0.5) is 0 Å². The molecule has 0 aromatic carbocycles. The molecule has 0 aliphatic carbocycles. The summed E-state index contributed by atoms with van der Waals surface area (Å²) in [6, 6.07) is 0. The first-order valence-electron chi connectivity index (χ1n) is 16.2. The molecule has 0 aromatic rings. The number of unbranched alkanes of at least 4 members (excludes halogenated alkanes) is 18. The SMILES string of the molecule is CCCCCCCCCN(CCC=O)CCN(CCCCCCCCC)CCCCCCCCC. The van der Waals surface area contributed by atoms with E-state index in [9.17, 15) is 4.79 Å². The number of aldehydes is 1. The standard InChI is InChI=1S/C32H66N2O/c1-4-7-10-13-16-19-22-26-33(27-23-20-17-14-11-8-5-2)30-31-34(29-25-32-35)28-24-21-18-15-12-9-6-3/h32H,4-31H2,1-3H3. The van der Waals surface area contributed by atoms with E-state index < -0.39 is 0 Å². The van der Waals surface area contributed by atoms with Gasteiger partial charge in [-0.2, -0.15) is 0 Å². The van der Waals surface area contributed by atoms with E-state index in [0.29, 0.717) is 6.42 Å². The molecule has 0 rings (SSSR count). The normalized spacial score (nSPS) is 11.7. The number of carbonyl (C=O) groups excluding carboxylic acids is 1. The fourth-order valence-corrected chi connectivity index (χ4v) is 5.07. The van der Waals surface area contributed by atoms with E-state index in [1.165, 1.54) is 161 Å². The summed E-state index contributed by atoms with van der Waals surface area (Å²) in [5, 5.41) is 0. The molecule has 0 spiro atoms. The van der Waals surface area contributed by atoms with Gasteiger partial charge in [-0.15, -0.1) is 0 Å². The Labute approximate surface area is 222 Å². The molecule has 3 nitrogen and oxygen atoms in total. The molecular weight excluding hydrogens is 428 g/mol. The summed E-state index contributed by atoms with van der Waals surface area (Å²) >= 11 is 0. The van der Waals surface area contributed by atoms with Crippen molar-refractivity contribution in [1.29, 1.82) is 0 Å². The van der Waals surface area contributed by atoms with E-state index in [1.54, 1.807) is 0 Å². The average molecular weight is 495 g/mol. The van der Waals surface area contributed by atoms with Crippen LogP contribution in [0, 0.1) is 0 Å². The lowest BCUT2D eigenvalue weighted by Gasteiger charge is -2.27. The molecule has 0 atom stereocenters. The van der Waals surface area contributed by atoms with Crippen molar-refractivity contribution < 1.29 is 4.79 Å². The van der Waals surface area contributed by atoms with Crippen LogP contribution in [0.25, 0.3) is 0 Å². The molecule has 210 valence electrons. The molecule has 0 aromatic heterocycles. The van der Waals surface area contributed by atoms with Crippen LogP contribution in [0.3, 0.4) is 0 Å². The highest BCUT2D eigenvalue weighted by Gasteiger charge is 2.10. The second kappa shape index (κ2) is 29.8. The van der Waals surface area contributed by atoms with Gasteiger partial charge >= 0.3 is 0 Å². The molecule has 35 heavy (non-hydrogen) atoms. The zero-order valence-electron chi connectivity index (χ0n) is 24.7. The lowest BCUT2D eigenvalue weighted by molar-refractivity contribution is -0.108. The zero-order valence-corrected chi connectivity index (χ0v) is 24.7. The lowest BCUT2D eigenvalue weighted by atomic mass is 10.1. The molecule has 0 amide bonds. The van der Waals surface area contributed by atoms with E-state index in [0.717, 1.165) is 19.4 Å². The fourth-order valence-electron chi connectivity index (χ4n) is 5.07. The molecule has 0 bridgehead atoms. The lowest BCUT2D eigenvalue weighted by Crippen LogP contribution is -2.37. The first-order valence-corrected chi connectivity index (χ1v) is 16.2. The minimum Gasteiger partial charge on any atom is -0.303 e. The van der Waals surface area contributed by atoms with Crippen molar-refractivity contribution in [2.75, 3.05) is 39.3 Å². The Hall–Kier alpha value is -0.410. The van der Waals surface area contributed by atoms with Crippen LogP contribution in [-0.2, 0) is 4.79 Å². The van der Waals surface area contributed by atoms with Crippen molar-refractivity contribution in [3.05, 3.63) is 0 Å². The van der Waals surface area contributed by atoms with Gasteiger partial charge in [0, 0.05) is 26.1 Å². The predicted octanol–water partition coefficient (Wildman–Crippen LogP) is 9.43. The Balaban J connectivity index is 4.34. The maximum Gasteiger partial charge on any atom is 0.121 e. The highest BCUT2D eigenvalue weighted by atomic mass is 16.1. The van der Waals surface area contributed by atoms with Crippen molar-refractivity contribution in [3.8, 4) is 0 Å². The fraction of sp³-hybridized carbons (Fsp3) is 0.969. The molecule has 0 aliphatic rings. The van der Waals surface area contributed by atoms with Crippen LogP contribution < -0.4 is 0 Å². The topological polar surface area (TPSA) is 23.6 Å². The summed E-state index contributed by atoms with van der Waals surface area (Å²) in [4.78, 5) is 16.3. The Morgan fingerprint density at radius 2 is 0.657 bits per heavy atom. The summed E-state index contributed by atoms with van der Waals surface area (Å²) in [5.74, 6) is 0. The molecule has 0 N–H and O–H groups in total. The Kier molecular flexibility index (Phi) is 29.5. The third kappa shape index (κ3) is 26.5. The summed E-state index contributed by atoms with van der Waals surface area (Å²) in [5.41, 5.74) is 0. The number of rotatable bonds is 30. The molecule has 0 unspecified atom stereocenters. The summed E-state index contributed by atoms with van der Waals surface area (Å²) in [6.45, 7) is 13.9. The highest BCUT2D eigenvalue weighted by molar-refractivity contribution is 5.49. The quantitative estimate of drug-likeness (QED) is 0.0733. The van der Waals surface area contributed by atoms with E-state index >= 15 is 0 Å². The van der Waals surface area contributed by atoms with Gasteiger partial charge in [0.25, 0.3) is 0 Å². The average Bonchev–Trinajstić information content (AvgIpc) is 2.87. The molecular formula is C32H66N2O. The Morgan fingerprint density at radius 3 is 0.971 bits per heavy atom. The van der Waals surface area contributed by atoms with E-state index in [-0.39, 0.29) is 0 Å². The molecule has 0 radical (unpaired) electrons. The van der Waals surface area contributed by atoms with Crippen LogP contribution in [-0.4, -0.2) is 55.4 Å². The Morgan fingerprint density at radius 1 is 0.371 bits per heavy atom. The summed E-state index contributed by atoms with van der Waals surface area (Å²) < 4.78 is 0. The van der Waals surface area contributed by atoms with Crippen molar-refractivity contribution >= 4 is 6.29 Å². The first-order chi connectivity index (χ1) is 17.3. The second-order valence-electron chi connectivity index (χ2n) is 11.0. The second-order valence-corrected chi connectivity index (χ2v) is 11.0. The maximum atomic E-state index is 11.0. The molecule has 0 aliphatic heterocycles. The minimum atomic E-state index is 0.687. The van der Waals surface area contributed by atoms with E-state index in [4.69, 9.17) is 0 Å². The van der Waals surface area contributed by atoms with Crippen LogP contribution >= 0.6 is 0 Å². The zero-order chi connectivity index (χ0) is 25.7. The van der Waals surface area contributed by atoms with Crippen LogP contribution in [0.1, 0.15) is 162 Å². The monoisotopic (exact) mass is 495 g/mol. The van der Waals surface area contributed by atoms with E-state index in [2.05, 4.69) is 30.6 Å². The molecule has 3 heteroatoms. The van der Waals surface area contributed by atoms with Crippen molar-refractivity contribution in [1.82, 2.24) is 9.80 Å². The van der Waals surface area contributed by atoms with Gasteiger partial charge in [-0.3, -0.25) is 0 Å². The maximum absolute atomic E-state index is 11.0. The molecule has 0 heterocycles. The number of hydrogen-bond donors (Lipinski definition) is 0. The van der Waals surface area contributed by atoms with Gasteiger partial charge in [-0.1, -0.05) is 136 Å². The number of nitrogens with zero attached hydrogens (tertiary/aromatic N) is 2. The van der Waals surface area contributed by atoms with E-state index in [1.807, 2.05) is 0 Å². The smallest absolute Gasteiger partial charge is 0.121 e. The Bertz CT molecular complexity index is 383. The first kappa shape index (κ1) is 34.6. The van der Waals surface area contributed by atoms with Crippen molar-refractivity contribution in [2.45, 2.75) is 162 Å². The van der Waals surface area contributed by atoms with Gasteiger partial charge in [0.1, 0.15) is 6.29 Å². The van der Waals surface area contributed by atoms with Gasteiger partial charge in [-0.25, -0.2) is 0 Å². The minimum absolute atomic E-state index is 0.687. The molecule has 0 fully saturated rings. The third-order valence-electron chi connectivity index (χ3n) is 7.53. The van der Waals surface area contributed by atoms with Crippen LogP contribution in [0.5, 0.6) is 0 Å². The van der Waals surface area contributed by atoms with Gasteiger partial charge in [-0.05, 0) is 38.9 Å². The highest BCUT2D eigenvalue weighted by Crippen LogP contribution is 2.11. The number of hydrogen-bond acceptors (Lipinski definition) is 3. The van der Waals surface area contributed by atoms with Gasteiger partial charge in [0.2, 0.25) is 0 Å².